The van der Waals surface area contributed by atoms with Gasteiger partial charge in [-0.2, -0.15) is 5.10 Å². The summed E-state index contributed by atoms with van der Waals surface area (Å²) in [4.78, 5) is 0. The predicted molar refractivity (Wildman–Crippen MR) is 57.1 cm³/mol. The Bertz CT molecular complexity index is 289. The Balaban J connectivity index is 2.98. The standard InChI is InChI=1S/C11H20N2O/c1-8(2)6-13-11(9(3)4)10(7-14)5-12-13/h5,8-9,14H,6-7H2,1-4H3. The molecule has 1 N–H and O–H groups in total. The first-order chi connectivity index (χ1) is 6.56. The van der Waals surface area contributed by atoms with Crippen LogP contribution < -0.4 is 0 Å². The summed E-state index contributed by atoms with van der Waals surface area (Å²) in [5, 5.41) is 13.5. The molecule has 0 spiro atoms. The average molecular weight is 196 g/mol. The lowest BCUT2D eigenvalue weighted by Crippen LogP contribution is -2.11. The minimum Gasteiger partial charge on any atom is -0.392 e. The number of aliphatic hydroxyl groups excluding tert-OH is 1. The molecular weight excluding hydrogens is 176 g/mol. The van der Waals surface area contributed by atoms with E-state index in [9.17, 15) is 0 Å². The summed E-state index contributed by atoms with van der Waals surface area (Å²) in [5.41, 5.74) is 2.13. The molecule has 80 valence electrons. The van der Waals surface area contributed by atoms with Crippen molar-refractivity contribution in [1.29, 1.82) is 0 Å². The first kappa shape index (κ1) is 11.2. The highest BCUT2D eigenvalue weighted by Crippen LogP contribution is 2.20. The first-order valence-electron chi connectivity index (χ1n) is 5.21. The maximum atomic E-state index is 9.16. The average Bonchev–Trinajstić information content (AvgIpc) is 2.46. The van der Waals surface area contributed by atoms with Crippen molar-refractivity contribution < 1.29 is 5.11 Å². The van der Waals surface area contributed by atoms with Crippen LogP contribution in [0.5, 0.6) is 0 Å². The highest BCUT2D eigenvalue weighted by molar-refractivity contribution is 5.20. The van der Waals surface area contributed by atoms with Gasteiger partial charge in [0, 0.05) is 17.8 Å². The molecular formula is C11H20N2O. The van der Waals surface area contributed by atoms with Crippen LogP contribution in [0.4, 0.5) is 0 Å². The van der Waals surface area contributed by atoms with Gasteiger partial charge in [0.15, 0.2) is 0 Å². The van der Waals surface area contributed by atoms with Crippen LogP contribution in [0.25, 0.3) is 0 Å². The second-order valence-corrected chi connectivity index (χ2v) is 4.44. The molecule has 0 unspecified atom stereocenters. The fourth-order valence-corrected chi connectivity index (χ4v) is 1.72. The Morgan fingerprint density at radius 1 is 1.36 bits per heavy atom. The molecule has 0 aliphatic rings. The fourth-order valence-electron chi connectivity index (χ4n) is 1.72. The summed E-state index contributed by atoms with van der Waals surface area (Å²) in [6, 6.07) is 0. The minimum absolute atomic E-state index is 0.0889. The lowest BCUT2D eigenvalue weighted by atomic mass is 10.1. The van der Waals surface area contributed by atoms with Crippen molar-refractivity contribution in [1.82, 2.24) is 9.78 Å². The molecule has 0 fully saturated rings. The Hall–Kier alpha value is -0.830. The van der Waals surface area contributed by atoms with E-state index in [4.69, 9.17) is 5.11 Å². The van der Waals surface area contributed by atoms with Crippen LogP contribution in [0.3, 0.4) is 0 Å². The Kier molecular flexibility index (Phi) is 3.69. The van der Waals surface area contributed by atoms with Crippen molar-refractivity contribution in [3.8, 4) is 0 Å². The number of aromatic nitrogens is 2. The molecule has 0 aromatic carbocycles. The largest absolute Gasteiger partial charge is 0.392 e. The van der Waals surface area contributed by atoms with Crippen LogP contribution in [0.15, 0.2) is 6.20 Å². The van der Waals surface area contributed by atoms with Gasteiger partial charge in [-0.3, -0.25) is 4.68 Å². The highest BCUT2D eigenvalue weighted by atomic mass is 16.3. The van der Waals surface area contributed by atoms with Gasteiger partial charge < -0.3 is 5.11 Å². The quantitative estimate of drug-likeness (QED) is 0.801. The van der Waals surface area contributed by atoms with E-state index in [2.05, 4.69) is 32.8 Å². The molecule has 0 amide bonds. The van der Waals surface area contributed by atoms with Crippen LogP contribution in [0.1, 0.15) is 44.9 Å². The Morgan fingerprint density at radius 2 is 2.00 bits per heavy atom. The van der Waals surface area contributed by atoms with E-state index in [-0.39, 0.29) is 6.61 Å². The van der Waals surface area contributed by atoms with Gasteiger partial charge in [-0.05, 0) is 11.8 Å². The van der Waals surface area contributed by atoms with Crippen molar-refractivity contribution in [2.75, 3.05) is 0 Å². The molecule has 0 aliphatic carbocycles. The number of aliphatic hydroxyl groups is 1. The zero-order valence-electron chi connectivity index (χ0n) is 9.49. The molecule has 0 saturated carbocycles. The van der Waals surface area contributed by atoms with E-state index in [0.29, 0.717) is 11.8 Å². The normalized spacial score (nSPS) is 11.6. The molecule has 1 aromatic rings. The maximum absolute atomic E-state index is 9.16. The second kappa shape index (κ2) is 4.60. The topological polar surface area (TPSA) is 38.0 Å². The van der Waals surface area contributed by atoms with E-state index in [0.717, 1.165) is 12.1 Å². The first-order valence-corrected chi connectivity index (χ1v) is 5.21. The lowest BCUT2D eigenvalue weighted by molar-refractivity contribution is 0.279. The number of rotatable bonds is 4. The summed E-state index contributed by atoms with van der Waals surface area (Å²) in [6.07, 6.45) is 1.78. The molecule has 1 heterocycles. The second-order valence-electron chi connectivity index (χ2n) is 4.44. The van der Waals surface area contributed by atoms with E-state index in [1.807, 2.05) is 4.68 Å². The minimum atomic E-state index is 0.0889. The molecule has 1 aromatic heterocycles. The van der Waals surface area contributed by atoms with Gasteiger partial charge in [-0.25, -0.2) is 0 Å². The van der Waals surface area contributed by atoms with Crippen molar-refractivity contribution in [2.24, 2.45) is 5.92 Å². The summed E-state index contributed by atoms with van der Waals surface area (Å²) >= 11 is 0. The Labute approximate surface area is 85.8 Å². The van der Waals surface area contributed by atoms with Crippen molar-refractivity contribution in [3.05, 3.63) is 17.5 Å². The molecule has 3 nitrogen and oxygen atoms in total. The number of hydrogen-bond acceptors (Lipinski definition) is 2. The van der Waals surface area contributed by atoms with Crippen molar-refractivity contribution in [3.63, 3.8) is 0 Å². The van der Waals surface area contributed by atoms with Crippen LogP contribution in [0.2, 0.25) is 0 Å². The van der Waals surface area contributed by atoms with Gasteiger partial charge in [0.25, 0.3) is 0 Å². The van der Waals surface area contributed by atoms with Gasteiger partial charge in [-0.15, -0.1) is 0 Å². The zero-order chi connectivity index (χ0) is 10.7. The predicted octanol–water partition coefficient (Wildman–Crippen LogP) is 2.15. The summed E-state index contributed by atoms with van der Waals surface area (Å²) < 4.78 is 2.01. The Morgan fingerprint density at radius 3 is 2.43 bits per heavy atom. The monoisotopic (exact) mass is 196 g/mol. The number of nitrogens with zero attached hydrogens (tertiary/aromatic N) is 2. The molecule has 3 heteroatoms. The lowest BCUT2D eigenvalue weighted by Gasteiger charge is -2.13. The zero-order valence-corrected chi connectivity index (χ0v) is 9.49. The van der Waals surface area contributed by atoms with Crippen LogP contribution in [-0.4, -0.2) is 14.9 Å². The smallest absolute Gasteiger partial charge is 0.0715 e. The van der Waals surface area contributed by atoms with Crippen molar-refractivity contribution in [2.45, 2.75) is 46.8 Å². The SMILES string of the molecule is CC(C)Cn1ncc(CO)c1C(C)C. The van der Waals surface area contributed by atoms with Gasteiger partial charge in [-0.1, -0.05) is 27.7 Å². The van der Waals surface area contributed by atoms with Gasteiger partial charge in [0.05, 0.1) is 12.8 Å². The van der Waals surface area contributed by atoms with E-state index >= 15 is 0 Å². The summed E-state index contributed by atoms with van der Waals surface area (Å²) in [7, 11) is 0. The van der Waals surface area contributed by atoms with Crippen LogP contribution >= 0.6 is 0 Å². The summed E-state index contributed by atoms with van der Waals surface area (Å²) in [6.45, 7) is 9.62. The van der Waals surface area contributed by atoms with E-state index in [1.165, 1.54) is 5.69 Å². The molecule has 0 aliphatic heterocycles. The van der Waals surface area contributed by atoms with Crippen LogP contribution in [0, 0.1) is 5.92 Å². The molecule has 0 radical (unpaired) electrons. The van der Waals surface area contributed by atoms with Crippen LogP contribution in [-0.2, 0) is 13.2 Å². The summed E-state index contributed by atoms with van der Waals surface area (Å²) in [5.74, 6) is 0.998. The van der Waals surface area contributed by atoms with E-state index < -0.39 is 0 Å². The van der Waals surface area contributed by atoms with Crippen molar-refractivity contribution >= 4 is 0 Å². The third-order valence-electron chi connectivity index (χ3n) is 2.22. The highest BCUT2D eigenvalue weighted by Gasteiger charge is 2.13. The van der Waals surface area contributed by atoms with Gasteiger partial charge in [0.2, 0.25) is 0 Å². The molecule has 0 atom stereocenters. The van der Waals surface area contributed by atoms with Gasteiger partial charge >= 0.3 is 0 Å². The molecule has 0 saturated heterocycles. The van der Waals surface area contributed by atoms with E-state index in [1.54, 1.807) is 6.20 Å². The molecule has 1 rings (SSSR count). The van der Waals surface area contributed by atoms with Gasteiger partial charge in [0.1, 0.15) is 0 Å². The fraction of sp³-hybridized carbons (Fsp3) is 0.727. The third kappa shape index (κ3) is 2.35. The maximum Gasteiger partial charge on any atom is 0.0715 e. The molecule has 14 heavy (non-hydrogen) atoms. The number of hydrogen-bond donors (Lipinski definition) is 1. The molecule has 0 bridgehead atoms. The third-order valence-corrected chi connectivity index (χ3v) is 2.22.